The fourth-order valence-electron chi connectivity index (χ4n) is 4.87. The van der Waals surface area contributed by atoms with Crippen LogP contribution in [0.25, 0.3) is 0 Å². The zero-order valence-corrected chi connectivity index (χ0v) is 26.1. The lowest BCUT2D eigenvalue weighted by molar-refractivity contribution is -0.141. The Morgan fingerprint density at radius 1 is 0.927 bits per heavy atom. The van der Waals surface area contributed by atoms with E-state index >= 15 is 0 Å². The van der Waals surface area contributed by atoms with Crippen LogP contribution in [0, 0.1) is 27.7 Å². The highest BCUT2D eigenvalue weighted by molar-refractivity contribution is 6.00. The van der Waals surface area contributed by atoms with Gasteiger partial charge in [-0.3, -0.25) is 9.59 Å². The van der Waals surface area contributed by atoms with Gasteiger partial charge in [0.2, 0.25) is 5.91 Å². The van der Waals surface area contributed by atoms with Crippen LogP contribution in [0.2, 0.25) is 0 Å². The second-order valence-electron chi connectivity index (χ2n) is 11.8. The van der Waals surface area contributed by atoms with Gasteiger partial charge in [0.25, 0.3) is 5.91 Å². The number of para-hydroxylation sites is 1. The van der Waals surface area contributed by atoms with Crippen molar-refractivity contribution in [2.24, 2.45) is 0 Å². The number of benzene rings is 2. The Labute approximate surface area is 245 Å². The van der Waals surface area contributed by atoms with Crippen molar-refractivity contribution in [3.63, 3.8) is 0 Å². The van der Waals surface area contributed by atoms with Gasteiger partial charge >= 0.3 is 6.09 Å². The molecule has 8 heteroatoms. The summed E-state index contributed by atoms with van der Waals surface area (Å²) in [7, 11) is 0. The van der Waals surface area contributed by atoms with Gasteiger partial charge in [0, 0.05) is 12.2 Å². The summed E-state index contributed by atoms with van der Waals surface area (Å²) in [4.78, 5) is 42.4. The monoisotopic (exact) mass is 567 g/mol. The SMILES string of the molecule is CCCCCCCN(C(=O)C(CO)NC(=O)OC(C)(C)C)C(C(=O)Nc1c(C)cccc1C)c1ccc(C)cc1C. The number of carbonyl (C=O) groups excluding carboxylic acids is 3. The third-order valence-corrected chi connectivity index (χ3v) is 6.97. The lowest BCUT2D eigenvalue weighted by atomic mass is 9.95. The number of aliphatic hydroxyl groups excluding tert-OH is 1. The Hall–Kier alpha value is -3.39. The van der Waals surface area contributed by atoms with Gasteiger partial charge in [-0.2, -0.15) is 0 Å². The largest absolute Gasteiger partial charge is 0.444 e. The van der Waals surface area contributed by atoms with Crippen LogP contribution in [-0.2, 0) is 14.3 Å². The van der Waals surface area contributed by atoms with Crippen LogP contribution in [0.3, 0.4) is 0 Å². The fourth-order valence-corrected chi connectivity index (χ4v) is 4.87. The molecule has 2 aromatic rings. The molecule has 3 N–H and O–H groups in total. The smallest absolute Gasteiger partial charge is 0.408 e. The Balaban J connectivity index is 2.56. The van der Waals surface area contributed by atoms with Gasteiger partial charge in [-0.25, -0.2) is 4.79 Å². The van der Waals surface area contributed by atoms with Gasteiger partial charge in [-0.15, -0.1) is 0 Å². The minimum Gasteiger partial charge on any atom is -0.444 e. The number of amides is 3. The molecule has 8 nitrogen and oxygen atoms in total. The van der Waals surface area contributed by atoms with Crippen molar-refractivity contribution in [2.75, 3.05) is 18.5 Å². The minimum absolute atomic E-state index is 0.285. The van der Waals surface area contributed by atoms with Gasteiger partial charge in [0.05, 0.1) is 6.61 Å². The highest BCUT2D eigenvalue weighted by Crippen LogP contribution is 2.30. The number of hydrogen-bond donors (Lipinski definition) is 3. The molecule has 2 rings (SSSR count). The zero-order chi connectivity index (χ0) is 30.7. The highest BCUT2D eigenvalue weighted by atomic mass is 16.6. The van der Waals surface area contributed by atoms with E-state index in [9.17, 15) is 19.5 Å². The predicted octanol–water partition coefficient (Wildman–Crippen LogP) is 6.28. The number of hydrogen-bond acceptors (Lipinski definition) is 5. The molecule has 2 unspecified atom stereocenters. The summed E-state index contributed by atoms with van der Waals surface area (Å²) >= 11 is 0. The average Bonchev–Trinajstić information content (AvgIpc) is 2.88. The summed E-state index contributed by atoms with van der Waals surface area (Å²) in [5.41, 5.74) is 4.35. The van der Waals surface area contributed by atoms with Crippen molar-refractivity contribution < 1.29 is 24.2 Å². The zero-order valence-electron chi connectivity index (χ0n) is 26.1. The molecule has 0 spiro atoms. The van der Waals surface area contributed by atoms with E-state index in [0.29, 0.717) is 17.7 Å². The lowest BCUT2D eigenvalue weighted by Gasteiger charge is -2.35. The van der Waals surface area contributed by atoms with Crippen LogP contribution in [-0.4, -0.2) is 52.7 Å². The second-order valence-corrected chi connectivity index (χ2v) is 11.8. The lowest BCUT2D eigenvalue weighted by Crippen LogP contribution is -2.54. The van der Waals surface area contributed by atoms with E-state index in [1.807, 2.05) is 64.1 Å². The third kappa shape index (κ3) is 10.2. The molecule has 0 heterocycles. The Morgan fingerprint density at radius 2 is 1.56 bits per heavy atom. The number of unbranched alkanes of at least 4 members (excludes halogenated alkanes) is 4. The Morgan fingerprint density at radius 3 is 2.12 bits per heavy atom. The molecule has 0 radical (unpaired) electrons. The summed E-state index contributed by atoms with van der Waals surface area (Å²) in [6, 6.07) is 9.32. The van der Waals surface area contributed by atoms with E-state index in [1.165, 1.54) is 4.90 Å². The first-order valence-corrected chi connectivity index (χ1v) is 14.6. The fraction of sp³-hybridized carbons (Fsp3) is 0.545. The average molecular weight is 568 g/mol. The molecule has 226 valence electrons. The van der Waals surface area contributed by atoms with Crippen LogP contribution >= 0.6 is 0 Å². The molecular formula is C33H49N3O5. The van der Waals surface area contributed by atoms with Gasteiger partial charge in [0.15, 0.2) is 0 Å². The van der Waals surface area contributed by atoms with Crippen molar-refractivity contribution >= 4 is 23.6 Å². The van der Waals surface area contributed by atoms with E-state index in [4.69, 9.17) is 4.74 Å². The molecular weight excluding hydrogens is 518 g/mol. The molecule has 41 heavy (non-hydrogen) atoms. The molecule has 0 fully saturated rings. The number of carbonyl (C=O) groups is 3. The molecule has 0 bridgehead atoms. The van der Waals surface area contributed by atoms with E-state index in [0.717, 1.165) is 47.9 Å². The van der Waals surface area contributed by atoms with Gasteiger partial charge in [0.1, 0.15) is 17.7 Å². The van der Waals surface area contributed by atoms with Crippen LogP contribution in [0.5, 0.6) is 0 Å². The summed E-state index contributed by atoms with van der Waals surface area (Å²) in [5.74, 6) is -0.902. The molecule has 0 aliphatic rings. The number of anilines is 1. The quantitative estimate of drug-likeness (QED) is 0.247. The third-order valence-electron chi connectivity index (χ3n) is 6.97. The highest BCUT2D eigenvalue weighted by Gasteiger charge is 2.37. The summed E-state index contributed by atoms with van der Waals surface area (Å²) in [6.07, 6.45) is 3.93. The van der Waals surface area contributed by atoms with E-state index in [-0.39, 0.29) is 12.5 Å². The van der Waals surface area contributed by atoms with Crippen molar-refractivity contribution in [1.29, 1.82) is 0 Å². The number of rotatable bonds is 13. The van der Waals surface area contributed by atoms with E-state index in [1.54, 1.807) is 20.8 Å². The number of nitrogens with zero attached hydrogens (tertiary/aromatic N) is 1. The van der Waals surface area contributed by atoms with Crippen LogP contribution in [0.1, 0.15) is 93.7 Å². The first kappa shape index (κ1) is 33.8. The normalized spacial score (nSPS) is 12.8. The van der Waals surface area contributed by atoms with Gasteiger partial charge in [-0.1, -0.05) is 74.6 Å². The minimum atomic E-state index is -1.28. The Kier molecular flexibility index (Phi) is 12.8. The second kappa shape index (κ2) is 15.6. The topological polar surface area (TPSA) is 108 Å². The molecule has 0 aliphatic heterocycles. The maximum Gasteiger partial charge on any atom is 0.408 e. The molecule has 0 aliphatic carbocycles. The first-order chi connectivity index (χ1) is 19.3. The molecule has 0 aromatic heterocycles. The number of ether oxygens (including phenoxy) is 1. The molecule has 3 amide bonds. The van der Waals surface area contributed by atoms with Crippen molar-refractivity contribution in [1.82, 2.24) is 10.2 Å². The van der Waals surface area contributed by atoms with Crippen LogP contribution in [0.4, 0.5) is 10.5 Å². The van der Waals surface area contributed by atoms with Crippen LogP contribution < -0.4 is 10.6 Å². The molecule has 0 saturated heterocycles. The Bertz CT molecular complexity index is 1170. The van der Waals surface area contributed by atoms with Gasteiger partial charge in [-0.05, 0) is 77.1 Å². The summed E-state index contributed by atoms with van der Waals surface area (Å²) < 4.78 is 5.34. The number of aryl methyl sites for hydroxylation is 4. The van der Waals surface area contributed by atoms with Crippen molar-refractivity contribution in [2.45, 2.75) is 105 Å². The molecule has 2 aromatic carbocycles. The van der Waals surface area contributed by atoms with Crippen molar-refractivity contribution in [3.8, 4) is 0 Å². The standard InChI is InChI=1S/C33H49N3O5/c1-9-10-11-12-13-19-36(31(39)27(21-37)34-32(40)41-33(6,7)8)29(26-18-17-22(2)20-25(26)5)30(38)35-28-23(3)15-14-16-24(28)4/h14-18,20,27,29,37H,9-13,19,21H2,1-8H3,(H,34,40)(H,35,38). The molecule has 0 saturated carbocycles. The molecule has 2 atom stereocenters. The van der Waals surface area contributed by atoms with Crippen LogP contribution in [0.15, 0.2) is 36.4 Å². The maximum absolute atomic E-state index is 14.2. The first-order valence-electron chi connectivity index (χ1n) is 14.6. The van der Waals surface area contributed by atoms with Crippen molar-refractivity contribution in [3.05, 3.63) is 64.2 Å². The predicted molar refractivity (Wildman–Crippen MR) is 164 cm³/mol. The summed E-state index contributed by atoms with van der Waals surface area (Å²) in [6.45, 7) is 14.7. The summed E-state index contributed by atoms with van der Waals surface area (Å²) in [5, 5.41) is 15.8. The van der Waals surface area contributed by atoms with E-state index < -0.39 is 36.3 Å². The van der Waals surface area contributed by atoms with Gasteiger partial charge < -0.3 is 25.4 Å². The maximum atomic E-state index is 14.2. The number of aliphatic hydroxyl groups is 1. The number of nitrogens with one attached hydrogen (secondary N) is 2. The van der Waals surface area contributed by atoms with E-state index in [2.05, 4.69) is 17.6 Å². The number of alkyl carbamates (subject to hydrolysis) is 1.